The van der Waals surface area contributed by atoms with E-state index in [0.717, 1.165) is 42.1 Å². The minimum Gasteiger partial charge on any atom is -0.616 e. The quantitative estimate of drug-likeness (QED) is 0.857. The number of aromatic nitrogens is 3. The van der Waals surface area contributed by atoms with Crippen LogP contribution in [0.5, 0.6) is 0 Å². The van der Waals surface area contributed by atoms with Gasteiger partial charge in [0.25, 0.3) is 0 Å². The predicted octanol–water partition coefficient (Wildman–Crippen LogP) is 1.25. The lowest BCUT2D eigenvalue weighted by Gasteiger charge is -2.30. The zero-order valence-electron chi connectivity index (χ0n) is 12.5. The van der Waals surface area contributed by atoms with Crippen LogP contribution in [0.3, 0.4) is 0 Å². The molecule has 0 aromatic carbocycles. The fourth-order valence-electron chi connectivity index (χ4n) is 2.62. The molecule has 0 aliphatic carbocycles. The van der Waals surface area contributed by atoms with E-state index in [4.69, 9.17) is 5.73 Å². The normalized spacial score (nSPS) is 16.0. The van der Waals surface area contributed by atoms with Crippen LogP contribution < -0.4 is 10.6 Å². The Morgan fingerprint density at radius 1 is 1.23 bits per heavy atom. The Bertz CT molecular complexity index is 641. The Kier molecular flexibility index (Phi) is 4.44. The Morgan fingerprint density at radius 2 is 2.00 bits per heavy atom. The van der Waals surface area contributed by atoms with Gasteiger partial charge in [0.05, 0.1) is 18.8 Å². The summed E-state index contributed by atoms with van der Waals surface area (Å²) in [6, 6.07) is 3.74. The van der Waals surface area contributed by atoms with Gasteiger partial charge >= 0.3 is 0 Å². The van der Waals surface area contributed by atoms with E-state index in [9.17, 15) is 4.55 Å². The average molecular weight is 317 g/mol. The first-order valence-corrected chi connectivity index (χ1v) is 8.83. The van der Waals surface area contributed by atoms with Crippen molar-refractivity contribution in [2.45, 2.75) is 13.3 Å². The van der Waals surface area contributed by atoms with E-state index >= 15 is 0 Å². The van der Waals surface area contributed by atoms with Gasteiger partial charge in [-0.1, -0.05) is 18.1 Å². The van der Waals surface area contributed by atoms with Crippen LogP contribution in [0.25, 0.3) is 11.1 Å². The highest BCUT2D eigenvalue weighted by Gasteiger charge is 2.24. The van der Waals surface area contributed by atoms with Crippen LogP contribution in [-0.2, 0) is 17.6 Å². The van der Waals surface area contributed by atoms with Crippen LogP contribution >= 0.6 is 0 Å². The van der Waals surface area contributed by atoms with Gasteiger partial charge in [-0.05, 0) is 18.6 Å². The third-order valence-electron chi connectivity index (χ3n) is 3.79. The molecule has 0 bridgehead atoms. The lowest BCUT2D eigenvalue weighted by atomic mass is 10.0. The molecule has 3 rings (SSSR count). The topological polar surface area (TPSA) is 91.0 Å². The summed E-state index contributed by atoms with van der Waals surface area (Å²) in [5.41, 5.74) is 8.64. The minimum absolute atomic E-state index is 0.494. The zero-order chi connectivity index (χ0) is 15.5. The molecule has 1 fully saturated rings. The highest BCUT2D eigenvalue weighted by Crippen LogP contribution is 2.32. The van der Waals surface area contributed by atoms with Crippen molar-refractivity contribution < 1.29 is 4.55 Å². The highest BCUT2D eigenvalue weighted by molar-refractivity contribution is 7.91. The van der Waals surface area contributed by atoms with Gasteiger partial charge in [0.1, 0.15) is 29.5 Å². The molecule has 2 aromatic rings. The van der Waals surface area contributed by atoms with Crippen molar-refractivity contribution >= 4 is 22.8 Å². The molecule has 22 heavy (non-hydrogen) atoms. The van der Waals surface area contributed by atoms with Gasteiger partial charge < -0.3 is 15.2 Å². The second-order valence-corrected chi connectivity index (χ2v) is 6.88. The maximum atomic E-state index is 11.6. The number of pyridine rings is 1. The summed E-state index contributed by atoms with van der Waals surface area (Å²) in [4.78, 5) is 15.3. The molecule has 0 amide bonds. The third kappa shape index (κ3) is 3.00. The van der Waals surface area contributed by atoms with Gasteiger partial charge in [0.15, 0.2) is 0 Å². The predicted molar refractivity (Wildman–Crippen MR) is 89.1 cm³/mol. The van der Waals surface area contributed by atoms with Crippen LogP contribution in [0.15, 0.2) is 24.7 Å². The first-order chi connectivity index (χ1) is 10.7. The molecular formula is C15H19N5OS. The lowest BCUT2D eigenvalue weighted by Crippen LogP contribution is -2.41. The number of aryl methyl sites for hydroxylation is 1. The van der Waals surface area contributed by atoms with Crippen molar-refractivity contribution in [1.82, 2.24) is 15.0 Å². The molecule has 1 aliphatic heterocycles. The van der Waals surface area contributed by atoms with Crippen LogP contribution in [0, 0.1) is 0 Å². The second kappa shape index (κ2) is 6.50. The van der Waals surface area contributed by atoms with Gasteiger partial charge in [0.2, 0.25) is 0 Å². The summed E-state index contributed by atoms with van der Waals surface area (Å²) in [5.74, 6) is 2.76. The third-order valence-corrected chi connectivity index (χ3v) is 5.07. The van der Waals surface area contributed by atoms with E-state index in [2.05, 4.69) is 26.8 Å². The second-order valence-electron chi connectivity index (χ2n) is 5.18. The maximum absolute atomic E-state index is 11.6. The van der Waals surface area contributed by atoms with E-state index in [1.165, 1.54) is 0 Å². The fraction of sp³-hybridized carbons (Fsp3) is 0.400. The Morgan fingerprint density at radius 3 is 2.64 bits per heavy atom. The largest absolute Gasteiger partial charge is 0.616 e. The smallest absolute Gasteiger partial charge is 0.140 e. The summed E-state index contributed by atoms with van der Waals surface area (Å²) in [5, 5.41) is 0. The Labute approximate surface area is 133 Å². The SMILES string of the molecule is CCc1ncnc(N2CC[S+]([O-])CC2)c1-c1ccc(N)nc1. The van der Waals surface area contributed by atoms with Crippen LogP contribution in [-0.4, -0.2) is 44.1 Å². The number of nitrogen functional groups attached to an aromatic ring is 1. The fourth-order valence-corrected chi connectivity index (χ4v) is 3.67. The van der Waals surface area contributed by atoms with Gasteiger partial charge in [-0.15, -0.1) is 0 Å². The van der Waals surface area contributed by atoms with Gasteiger partial charge in [-0.25, -0.2) is 15.0 Å². The molecule has 3 heterocycles. The molecule has 0 radical (unpaired) electrons. The molecule has 7 heteroatoms. The number of hydrogen-bond donors (Lipinski definition) is 1. The van der Waals surface area contributed by atoms with Gasteiger partial charge in [0, 0.05) is 17.3 Å². The molecule has 6 nitrogen and oxygen atoms in total. The molecule has 1 saturated heterocycles. The monoisotopic (exact) mass is 317 g/mol. The maximum Gasteiger partial charge on any atom is 0.140 e. The number of rotatable bonds is 3. The van der Waals surface area contributed by atoms with Crippen molar-refractivity contribution in [3.8, 4) is 11.1 Å². The van der Waals surface area contributed by atoms with Gasteiger partial charge in [-0.3, -0.25) is 0 Å². The van der Waals surface area contributed by atoms with Crippen molar-refractivity contribution in [1.29, 1.82) is 0 Å². The van der Waals surface area contributed by atoms with E-state index in [-0.39, 0.29) is 0 Å². The van der Waals surface area contributed by atoms with E-state index in [1.807, 2.05) is 6.07 Å². The molecule has 2 aromatic heterocycles. The van der Waals surface area contributed by atoms with E-state index < -0.39 is 11.2 Å². The molecular weight excluding hydrogens is 298 g/mol. The number of anilines is 2. The number of nitrogens with two attached hydrogens (primary N) is 1. The van der Waals surface area contributed by atoms with Crippen LogP contribution in [0.4, 0.5) is 11.6 Å². The zero-order valence-corrected chi connectivity index (χ0v) is 13.3. The molecule has 0 atom stereocenters. The minimum atomic E-state index is -0.710. The first kappa shape index (κ1) is 15.1. The molecule has 0 unspecified atom stereocenters. The van der Waals surface area contributed by atoms with E-state index in [1.54, 1.807) is 18.6 Å². The number of nitrogens with zero attached hydrogens (tertiary/aromatic N) is 4. The summed E-state index contributed by atoms with van der Waals surface area (Å²) in [7, 11) is 0. The van der Waals surface area contributed by atoms with E-state index in [0.29, 0.717) is 17.3 Å². The van der Waals surface area contributed by atoms with Crippen molar-refractivity contribution in [3.63, 3.8) is 0 Å². The Balaban J connectivity index is 2.04. The Hall–Kier alpha value is -1.86. The average Bonchev–Trinajstić information content (AvgIpc) is 2.56. The highest BCUT2D eigenvalue weighted by atomic mass is 32.2. The molecule has 0 saturated carbocycles. The summed E-state index contributed by atoms with van der Waals surface area (Å²) >= 11 is -0.710. The molecule has 116 valence electrons. The van der Waals surface area contributed by atoms with Crippen molar-refractivity contribution in [3.05, 3.63) is 30.4 Å². The molecule has 0 spiro atoms. The standard InChI is InChI=1S/C15H19N5OS/c1-2-12-14(11-3-4-13(16)17-9-11)15(19-10-18-12)20-5-7-22(21)8-6-20/h3-4,9-10H,2,5-8H2,1H3,(H2,16,17). The number of hydrogen-bond acceptors (Lipinski definition) is 6. The van der Waals surface area contributed by atoms with Crippen molar-refractivity contribution in [2.24, 2.45) is 0 Å². The van der Waals surface area contributed by atoms with Crippen molar-refractivity contribution in [2.75, 3.05) is 35.2 Å². The summed E-state index contributed by atoms with van der Waals surface area (Å²) < 4.78 is 11.6. The van der Waals surface area contributed by atoms with Gasteiger partial charge in [-0.2, -0.15) is 0 Å². The summed E-state index contributed by atoms with van der Waals surface area (Å²) in [6.07, 6.45) is 4.18. The van der Waals surface area contributed by atoms with Crippen LogP contribution in [0.1, 0.15) is 12.6 Å². The molecule has 2 N–H and O–H groups in total. The van der Waals surface area contributed by atoms with Crippen LogP contribution in [0.2, 0.25) is 0 Å². The summed E-state index contributed by atoms with van der Waals surface area (Å²) in [6.45, 7) is 3.58. The first-order valence-electron chi connectivity index (χ1n) is 7.34. The lowest BCUT2D eigenvalue weighted by molar-refractivity contribution is 0.585. The molecule has 1 aliphatic rings.